The number of hydrogen-bond acceptors (Lipinski definition) is 1. The highest BCUT2D eigenvalue weighted by Crippen LogP contribution is 2.31. The lowest BCUT2D eigenvalue weighted by Gasteiger charge is -2.01. The quantitative estimate of drug-likeness (QED) is 0.702. The molecule has 1 heteroatoms. The van der Waals surface area contributed by atoms with Crippen LogP contribution in [0.2, 0.25) is 0 Å². The molecule has 1 aliphatic rings. The summed E-state index contributed by atoms with van der Waals surface area (Å²) in [5, 5.41) is 2.41. The van der Waals surface area contributed by atoms with Crippen LogP contribution in [0, 0.1) is 5.92 Å². The van der Waals surface area contributed by atoms with Gasteiger partial charge in [0.15, 0.2) is 5.78 Å². The van der Waals surface area contributed by atoms with Crippen molar-refractivity contribution in [2.24, 2.45) is 5.92 Å². The Morgan fingerprint density at radius 2 is 1.88 bits per heavy atom. The van der Waals surface area contributed by atoms with Crippen molar-refractivity contribution in [1.82, 2.24) is 0 Å². The van der Waals surface area contributed by atoms with Gasteiger partial charge in [0.2, 0.25) is 0 Å². The van der Waals surface area contributed by atoms with E-state index in [2.05, 4.69) is 31.2 Å². The van der Waals surface area contributed by atoms with Gasteiger partial charge in [-0.1, -0.05) is 37.3 Å². The summed E-state index contributed by atoms with van der Waals surface area (Å²) in [5.41, 5.74) is 2.18. The van der Waals surface area contributed by atoms with Gasteiger partial charge in [0.1, 0.15) is 0 Å². The van der Waals surface area contributed by atoms with E-state index >= 15 is 0 Å². The van der Waals surface area contributed by atoms with Crippen LogP contribution in [-0.2, 0) is 6.42 Å². The van der Waals surface area contributed by atoms with Crippen LogP contribution in [0.25, 0.3) is 10.8 Å². The molecule has 0 saturated heterocycles. The highest BCUT2D eigenvalue weighted by Gasteiger charge is 2.28. The number of fused-ring (bicyclic) bond motifs is 2. The van der Waals surface area contributed by atoms with Crippen molar-refractivity contribution in [2.75, 3.05) is 0 Å². The second-order valence-electron chi connectivity index (χ2n) is 4.53. The summed E-state index contributed by atoms with van der Waals surface area (Å²) < 4.78 is 0. The van der Waals surface area contributed by atoms with Gasteiger partial charge in [-0.2, -0.15) is 0 Å². The molecule has 0 saturated carbocycles. The first-order valence-corrected chi connectivity index (χ1v) is 5.85. The molecule has 2 aromatic carbocycles. The normalized spacial score (nSPS) is 19.1. The van der Waals surface area contributed by atoms with Crippen LogP contribution in [0.3, 0.4) is 0 Å². The first kappa shape index (κ1) is 9.59. The van der Waals surface area contributed by atoms with Gasteiger partial charge in [-0.3, -0.25) is 4.79 Å². The summed E-state index contributed by atoms with van der Waals surface area (Å²) in [6.45, 7) is 2.09. The van der Waals surface area contributed by atoms with Crippen molar-refractivity contribution in [3.05, 3.63) is 47.5 Å². The van der Waals surface area contributed by atoms with Gasteiger partial charge in [0, 0.05) is 11.5 Å². The van der Waals surface area contributed by atoms with Gasteiger partial charge >= 0.3 is 0 Å². The molecular weight excluding hydrogens is 196 g/mol. The van der Waals surface area contributed by atoms with Crippen LogP contribution in [-0.4, -0.2) is 5.78 Å². The van der Waals surface area contributed by atoms with E-state index in [1.807, 2.05) is 12.1 Å². The van der Waals surface area contributed by atoms with E-state index in [1.54, 1.807) is 0 Å². The average Bonchev–Trinajstić information content (AvgIpc) is 2.63. The Morgan fingerprint density at radius 1 is 1.19 bits per heavy atom. The number of hydrogen-bond donors (Lipinski definition) is 0. The Balaban J connectivity index is 2.22. The lowest BCUT2D eigenvalue weighted by atomic mass is 10.0. The summed E-state index contributed by atoms with van der Waals surface area (Å²) in [6, 6.07) is 12.5. The first-order valence-electron chi connectivity index (χ1n) is 5.85. The van der Waals surface area contributed by atoms with Crippen molar-refractivity contribution < 1.29 is 4.79 Å². The maximum absolute atomic E-state index is 12.1. The van der Waals surface area contributed by atoms with Crippen molar-refractivity contribution in [2.45, 2.75) is 19.8 Å². The van der Waals surface area contributed by atoms with Crippen LogP contribution in [0.4, 0.5) is 0 Å². The molecule has 1 aliphatic carbocycles. The van der Waals surface area contributed by atoms with Crippen LogP contribution < -0.4 is 0 Å². The van der Waals surface area contributed by atoms with Crippen molar-refractivity contribution in [1.29, 1.82) is 0 Å². The first-order chi connectivity index (χ1) is 7.79. The molecule has 1 nitrogen and oxygen atoms in total. The molecule has 1 atom stereocenters. The lowest BCUT2D eigenvalue weighted by Crippen LogP contribution is -2.06. The largest absolute Gasteiger partial charge is 0.294 e. The van der Waals surface area contributed by atoms with E-state index < -0.39 is 0 Å². The molecule has 0 heterocycles. The topological polar surface area (TPSA) is 17.1 Å². The van der Waals surface area contributed by atoms with Crippen molar-refractivity contribution in [3.8, 4) is 0 Å². The zero-order chi connectivity index (χ0) is 11.1. The molecule has 0 amide bonds. The molecule has 16 heavy (non-hydrogen) atoms. The van der Waals surface area contributed by atoms with E-state index in [4.69, 9.17) is 0 Å². The van der Waals surface area contributed by atoms with Crippen LogP contribution >= 0.6 is 0 Å². The fourth-order valence-corrected chi connectivity index (χ4v) is 2.59. The van der Waals surface area contributed by atoms with Gasteiger partial charge in [-0.15, -0.1) is 0 Å². The van der Waals surface area contributed by atoms with E-state index in [1.165, 1.54) is 16.3 Å². The highest BCUT2D eigenvalue weighted by atomic mass is 16.1. The molecule has 0 aliphatic heterocycles. The zero-order valence-corrected chi connectivity index (χ0v) is 9.36. The predicted octanol–water partition coefficient (Wildman–Crippen LogP) is 3.60. The summed E-state index contributed by atoms with van der Waals surface area (Å²) in [6.07, 6.45) is 1.87. The molecule has 0 radical (unpaired) electrons. The zero-order valence-electron chi connectivity index (χ0n) is 9.36. The molecule has 0 aromatic heterocycles. The van der Waals surface area contributed by atoms with E-state index in [-0.39, 0.29) is 5.92 Å². The fraction of sp³-hybridized carbons (Fsp3) is 0.267. The molecule has 80 valence electrons. The molecule has 3 rings (SSSR count). The Labute approximate surface area is 95.1 Å². The maximum atomic E-state index is 12.1. The second kappa shape index (κ2) is 3.44. The minimum absolute atomic E-state index is 0.215. The number of carbonyl (C=O) groups is 1. The van der Waals surface area contributed by atoms with Gasteiger partial charge in [0.05, 0.1) is 0 Å². The number of ketones is 1. The minimum atomic E-state index is 0.215. The summed E-state index contributed by atoms with van der Waals surface area (Å²) in [5.74, 6) is 0.551. The van der Waals surface area contributed by atoms with Gasteiger partial charge in [-0.25, -0.2) is 0 Å². The number of carbonyl (C=O) groups excluding carboxylic acids is 1. The standard InChI is InChI=1S/C15H14O/c1-2-10-7-13-8-11-5-3-4-6-12(11)9-14(13)15(10)16/h3-6,8-10H,2,7H2,1H3. The summed E-state index contributed by atoms with van der Waals surface area (Å²) >= 11 is 0. The van der Waals surface area contributed by atoms with Crippen LogP contribution in [0.15, 0.2) is 36.4 Å². The third-order valence-electron chi connectivity index (χ3n) is 3.57. The lowest BCUT2D eigenvalue weighted by molar-refractivity contribution is 0.0934. The summed E-state index contributed by atoms with van der Waals surface area (Å²) in [4.78, 5) is 12.1. The molecule has 0 fully saturated rings. The fourth-order valence-electron chi connectivity index (χ4n) is 2.59. The Hall–Kier alpha value is -1.63. The minimum Gasteiger partial charge on any atom is -0.294 e. The molecule has 1 unspecified atom stereocenters. The molecular formula is C15H14O. The maximum Gasteiger partial charge on any atom is 0.166 e. The third-order valence-corrected chi connectivity index (χ3v) is 3.57. The van der Waals surface area contributed by atoms with Crippen molar-refractivity contribution in [3.63, 3.8) is 0 Å². The molecule has 2 aromatic rings. The molecule has 0 spiro atoms. The second-order valence-corrected chi connectivity index (χ2v) is 4.53. The number of Topliss-reactive ketones (excluding diaryl/α,β-unsaturated/α-hetero) is 1. The highest BCUT2D eigenvalue weighted by molar-refractivity contribution is 6.05. The Bertz CT molecular complexity index is 569. The summed E-state index contributed by atoms with van der Waals surface area (Å²) in [7, 11) is 0. The Morgan fingerprint density at radius 3 is 2.56 bits per heavy atom. The van der Waals surface area contributed by atoms with Gasteiger partial charge < -0.3 is 0 Å². The van der Waals surface area contributed by atoms with Crippen LogP contribution in [0.1, 0.15) is 29.3 Å². The monoisotopic (exact) mass is 210 g/mol. The van der Waals surface area contributed by atoms with Crippen molar-refractivity contribution >= 4 is 16.6 Å². The Kier molecular flexibility index (Phi) is 2.06. The van der Waals surface area contributed by atoms with E-state index in [0.717, 1.165) is 18.4 Å². The van der Waals surface area contributed by atoms with Crippen LogP contribution in [0.5, 0.6) is 0 Å². The number of benzene rings is 2. The van der Waals surface area contributed by atoms with E-state index in [0.29, 0.717) is 5.78 Å². The SMILES string of the molecule is CCC1Cc2cc3ccccc3cc2C1=O. The van der Waals surface area contributed by atoms with E-state index in [9.17, 15) is 4.79 Å². The predicted molar refractivity (Wildman–Crippen MR) is 65.8 cm³/mol. The average molecular weight is 210 g/mol. The smallest absolute Gasteiger partial charge is 0.166 e. The molecule has 0 bridgehead atoms. The van der Waals surface area contributed by atoms with Gasteiger partial charge in [-0.05, 0) is 35.2 Å². The van der Waals surface area contributed by atoms with Gasteiger partial charge in [0.25, 0.3) is 0 Å². The number of rotatable bonds is 1. The molecule has 0 N–H and O–H groups in total. The third kappa shape index (κ3) is 1.28.